The molecule has 1 aliphatic rings. The number of carbonyl (C=O) groups excluding carboxylic acids is 1. The quantitative estimate of drug-likeness (QED) is 0.739. The molecule has 0 N–H and O–H groups in total. The van der Waals surface area contributed by atoms with Gasteiger partial charge in [0.05, 0.1) is 18.7 Å². The van der Waals surface area contributed by atoms with Crippen molar-refractivity contribution in [3.8, 4) is 6.07 Å². The molecule has 1 aromatic heterocycles. The first kappa shape index (κ1) is 13.4. The molecule has 1 aliphatic heterocycles. The summed E-state index contributed by atoms with van der Waals surface area (Å²) < 4.78 is 6.54. The van der Waals surface area contributed by atoms with Crippen molar-refractivity contribution in [2.75, 3.05) is 25.1 Å². The van der Waals surface area contributed by atoms with Crippen LogP contribution in [0.3, 0.4) is 0 Å². The third-order valence-electron chi connectivity index (χ3n) is 3.72. The fourth-order valence-electron chi connectivity index (χ4n) is 2.74. The summed E-state index contributed by atoms with van der Waals surface area (Å²) in [6, 6.07) is 2.19. The van der Waals surface area contributed by atoms with Crippen molar-refractivity contribution >= 4 is 11.8 Å². The van der Waals surface area contributed by atoms with Crippen molar-refractivity contribution in [3.05, 3.63) is 11.3 Å². The molecular weight excluding hydrogens is 244 g/mol. The van der Waals surface area contributed by atoms with Crippen LogP contribution in [0.4, 0.5) is 5.82 Å². The SMILES string of the molecule is COC(=O)C1CN(c2c(C#N)c(C)nn2C)CC1C. The molecule has 1 fully saturated rings. The molecule has 2 heterocycles. The van der Waals surface area contributed by atoms with Crippen LogP contribution in [0, 0.1) is 30.1 Å². The van der Waals surface area contributed by atoms with Crippen molar-refractivity contribution in [2.24, 2.45) is 18.9 Å². The standard InChI is InChI=1S/C13H18N4O2/c1-8-6-17(7-11(8)13(18)19-4)12-10(5-14)9(2)15-16(12)3/h8,11H,6-7H2,1-4H3. The Morgan fingerprint density at radius 3 is 2.79 bits per heavy atom. The summed E-state index contributed by atoms with van der Waals surface area (Å²) in [5, 5.41) is 13.5. The second-order valence-electron chi connectivity index (χ2n) is 5.03. The molecule has 1 saturated heterocycles. The maximum absolute atomic E-state index is 11.7. The molecule has 0 aromatic carbocycles. The number of rotatable bonds is 2. The molecule has 1 aromatic rings. The van der Waals surface area contributed by atoms with Gasteiger partial charge >= 0.3 is 5.97 Å². The molecule has 6 nitrogen and oxygen atoms in total. The van der Waals surface area contributed by atoms with Crippen LogP contribution in [0.5, 0.6) is 0 Å². The largest absolute Gasteiger partial charge is 0.469 e. The summed E-state index contributed by atoms with van der Waals surface area (Å²) in [5.41, 5.74) is 1.30. The lowest BCUT2D eigenvalue weighted by atomic mass is 9.99. The topological polar surface area (TPSA) is 71.2 Å². The zero-order valence-electron chi connectivity index (χ0n) is 11.7. The molecule has 2 unspecified atom stereocenters. The minimum atomic E-state index is -0.188. The summed E-state index contributed by atoms with van der Waals surface area (Å²) in [7, 11) is 3.23. The van der Waals surface area contributed by atoms with Crippen molar-refractivity contribution in [2.45, 2.75) is 13.8 Å². The lowest BCUT2D eigenvalue weighted by Gasteiger charge is -2.18. The Balaban J connectivity index is 2.31. The molecule has 0 saturated carbocycles. The molecule has 0 amide bonds. The molecule has 0 spiro atoms. The lowest BCUT2D eigenvalue weighted by Crippen LogP contribution is -2.26. The van der Waals surface area contributed by atoms with Crippen LogP contribution in [0.1, 0.15) is 18.2 Å². The van der Waals surface area contributed by atoms with E-state index in [4.69, 9.17) is 4.74 Å². The van der Waals surface area contributed by atoms with Crippen LogP contribution < -0.4 is 4.90 Å². The molecule has 0 radical (unpaired) electrons. The second-order valence-corrected chi connectivity index (χ2v) is 5.03. The number of methoxy groups -OCH3 is 1. The minimum absolute atomic E-state index is 0.147. The molecular formula is C13H18N4O2. The Hall–Kier alpha value is -2.03. The Bertz CT molecular complexity index is 544. The van der Waals surface area contributed by atoms with Gasteiger partial charge in [0.25, 0.3) is 0 Å². The van der Waals surface area contributed by atoms with E-state index in [1.165, 1.54) is 7.11 Å². The lowest BCUT2D eigenvalue weighted by molar-refractivity contribution is -0.145. The van der Waals surface area contributed by atoms with E-state index < -0.39 is 0 Å². The van der Waals surface area contributed by atoms with Crippen LogP contribution >= 0.6 is 0 Å². The predicted octanol–water partition coefficient (Wildman–Crippen LogP) is 0.845. The summed E-state index contributed by atoms with van der Waals surface area (Å²) in [6.07, 6.45) is 0. The number of nitriles is 1. The van der Waals surface area contributed by atoms with E-state index in [0.717, 1.165) is 12.4 Å². The number of esters is 1. The average molecular weight is 262 g/mol. The maximum atomic E-state index is 11.7. The summed E-state index contributed by atoms with van der Waals surface area (Å²) in [5.74, 6) is 0.659. The van der Waals surface area contributed by atoms with E-state index in [1.807, 2.05) is 25.8 Å². The highest BCUT2D eigenvalue weighted by molar-refractivity contribution is 5.75. The first-order chi connectivity index (χ1) is 8.99. The Labute approximate surface area is 112 Å². The highest BCUT2D eigenvalue weighted by atomic mass is 16.5. The average Bonchev–Trinajstić information content (AvgIpc) is 2.88. The van der Waals surface area contributed by atoms with E-state index in [0.29, 0.717) is 17.8 Å². The van der Waals surface area contributed by atoms with Gasteiger partial charge in [-0.1, -0.05) is 6.92 Å². The molecule has 6 heteroatoms. The predicted molar refractivity (Wildman–Crippen MR) is 69.5 cm³/mol. The summed E-state index contributed by atoms with van der Waals surface area (Å²) in [6.45, 7) is 5.14. The van der Waals surface area contributed by atoms with E-state index in [-0.39, 0.29) is 17.8 Å². The smallest absolute Gasteiger partial charge is 0.310 e. The number of anilines is 1. The van der Waals surface area contributed by atoms with Crippen molar-refractivity contribution in [1.29, 1.82) is 5.26 Å². The number of aryl methyl sites for hydroxylation is 2. The Morgan fingerprint density at radius 1 is 1.53 bits per heavy atom. The summed E-state index contributed by atoms with van der Waals surface area (Å²) in [4.78, 5) is 13.8. The fraction of sp³-hybridized carbons (Fsp3) is 0.615. The van der Waals surface area contributed by atoms with E-state index in [9.17, 15) is 10.1 Å². The fourth-order valence-corrected chi connectivity index (χ4v) is 2.74. The van der Waals surface area contributed by atoms with Crippen molar-refractivity contribution < 1.29 is 9.53 Å². The Morgan fingerprint density at radius 2 is 2.21 bits per heavy atom. The van der Waals surface area contributed by atoms with Crippen LogP contribution in [0.25, 0.3) is 0 Å². The minimum Gasteiger partial charge on any atom is -0.469 e. The number of aromatic nitrogens is 2. The molecule has 19 heavy (non-hydrogen) atoms. The molecule has 102 valence electrons. The molecule has 0 aliphatic carbocycles. The van der Waals surface area contributed by atoms with Gasteiger partial charge in [-0.15, -0.1) is 0 Å². The van der Waals surface area contributed by atoms with Gasteiger partial charge in [-0.25, -0.2) is 0 Å². The number of carbonyl (C=O) groups is 1. The van der Waals surface area contributed by atoms with Crippen LogP contribution in [-0.4, -0.2) is 35.9 Å². The molecule has 2 atom stereocenters. The van der Waals surface area contributed by atoms with E-state index in [2.05, 4.69) is 11.2 Å². The number of nitrogens with zero attached hydrogens (tertiary/aromatic N) is 4. The van der Waals surface area contributed by atoms with Gasteiger partial charge in [0.1, 0.15) is 17.5 Å². The van der Waals surface area contributed by atoms with E-state index in [1.54, 1.807) is 4.68 Å². The zero-order chi connectivity index (χ0) is 14.2. The van der Waals surface area contributed by atoms with Crippen molar-refractivity contribution in [3.63, 3.8) is 0 Å². The van der Waals surface area contributed by atoms with Gasteiger partial charge in [0.2, 0.25) is 0 Å². The number of hydrogen-bond donors (Lipinski definition) is 0. The monoisotopic (exact) mass is 262 g/mol. The number of hydrogen-bond acceptors (Lipinski definition) is 5. The van der Waals surface area contributed by atoms with Crippen LogP contribution in [-0.2, 0) is 16.6 Å². The highest BCUT2D eigenvalue weighted by Crippen LogP contribution is 2.31. The normalized spacial score (nSPS) is 22.4. The van der Waals surface area contributed by atoms with Gasteiger partial charge in [0, 0.05) is 20.1 Å². The van der Waals surface area contributed by atoms with Crippen LogP contribution in [0.15, 0.2) is 0 Å². The van der Waals surface area contributed by atoms with Gasteiger partial charge in [-0.05, 0) is 12.8 Å². The zero-order valence-corrected chi connectivity index (χ0v) is 11.7. The number of ether oxygens (including phenoxy) is 1. The maximum Gasteiger partial charge on any atom is 0.310 e. The first-order valence-corrected chi connectivity index (χ1v) is 6.26. The van der Waals surface area contributed by atoms with E-state index >= 15 is 0 Å². The van der Waals surface area contributed by atoms with Gasteiger partial charge in [-0.2, -0.15) is 10.4 Å². The van der Waals surface area contributed by atoms with Gasteiger partial charge in [0.15, 0.2) is 0 Å². The molecule has 0 bridgehead atoms. The van der Waals surface area contributed by atoms with Crippen LogP contribution in [0.2, 0.25) is 0 Å². The third kappa shape index (κ3) is 2.16. The second kappa shape index (κ2) is 4.92. The third-order valence-corrected chi connectivity index (χ3v) is 3.72. The van der Waals surface area contributed by atoms with Crippen molar-refractivity contribution in [1.82, 2.24) is 9.78 Å². The Kier molecular flexibility index (Phi) is 3.47. The molecule has 2 rings (SSSR count). The van der Waals surface area contributed by atoms with Gasteiger partial charge in [-0.3, -0.25) is 9.48 Å². The van der Waals surface area contributed by atoms with Gasteiger partial charge < -0.3 is 9.64 Å². The highest BCUT2D eigenvalue weighted by Gasteiger charge is 2.37. The summed E-state index contributed by atoms with van der Waals surface area (Å²) >= 11 is 0. The first-order valence-electron chi connectivity index (χ1n) is 6.26.